The molecule has 0 unspecified atom stereocenters. The van der Waals surface area contributed by atoms with Gasteiger partial charge in [-0.25, -0.2) is 0 Å². The second-order valence-corrected chi connectivity index (χ2v) is 4.46. The molecule has 0 spiro atoms. The van der Waals surface area contributed by atoms with Crippen LogP contribution in [0.2, 0.25) is 0 Å². The van der Waals surface area contributed by atoms with E-state index in [2.05, 4.69) is 23.7 Å². The molecule has 1 heterocycles. The molecule has 82 valence electrons. The first-order valence-corrected chi connectivity index (χ1v) is 6.18. The van der Waals surface area contributed by atoms with Crippen LogP contribution in [0.25, 0.3) is 0 Å². The Morgan fingerprint density at radius 2 is 2.07 bits per heavy atom. The number of aliphatic hydroxyl groups is 1. The highest BCUT2D eigenvalue weighted by Gasteiger charge is 2.25. The van der Waals surface area contributed by atoms with Crippen LogP contribution in [0.1, 0.15) is 0 Å². The largest absolute Gasteiger partial charge is 0.388 e. The smallest absolute Gasteiger partial charge is 0.0996 e. The summed E-state index contributed by atoms with van der Waals surface area (Å²) in [5.74, 6) is 0. The third-order valence-corrected chi connectivity index (χ3v) is 3.24. The molecule has 1 saturated heterocycles. The summed E-state index contributed by atoms with van der Waals surface area (Å²) in [4.78, 5) is 1.24. The van der Waals surface area contributed by atoms with Crippen molar-refractivity contribution in [3.05, 3.63) is 24.3 Å². The molecule has 1 aromatic rings. The topological polar surface area (TPSA) is 41.5 Å². The van der Waals surface area contributed by atoms with Crippen molar-refractivity contribution in [3.63, 3.8) is 0 Å². The van der Waals surface area contributed by atoms with E-state index in [-0.39, 0.29) is 6.04 Å². The van der Waals surface area contributed by atoms with Gasteiger partial charge in [0.15, 0.2) is 0 Å². The monoisotopic (exact) mass is 225 g/mol. The number of rotatable bonds is 3. The Labute approximate surface area is 93.8 Å². The number of aliphatic hydroxyl groups excluding tert-OH is 1. The molecular weight excluding hydrogens is 210 g/mol. The Hall–Kier alpha value is -0.710. The van der Waals surface area contributed by atoms with Gasteiger partial charge in [-0.2, -0.15) is 0 Å². The summed E-state index contributed by atoms with van der Waals surface area (Å²) in [5, 5.41) is 12.8. The number of ether oxygens (including phenoxy) is 1. The minimum absolute atomic E-state index is 0.0186. The highest BCUT2D eigenvalue weighted by Crippen LogP contribution is 2.19. The summed E-state index contributed by atoms with van der Waals surface area (Å²) in [6, 6.07) is 8.20. The van der Waals surface area contributed by atoms with E-state index >= 15 is 0 Å². The van der Waals surface area contributed by atoms with Gasteiger partial charge in [0, 0.05) is 10.6 Å². The van der Waals surface area contributed by atoms with E-state index in [0.717, 1.165) is 5.69 Å². The molecule has 0 amide bonds. The molecule has 0 aliphatic carbocycles. The molecule has 2 N–H and O–H groups in total. The van der Waals surface area contributed by atoms with E-state index in [1.165, 1.54) is 4.90 Å². The number of hydrogen-bond donors (Lipinski definition) is 2. The molecule has 0 aromatic heterocycles. The van der Waals surface area contributed by atoms with E-state index in [4.69, 9.17) is 4.74 Å². The normalized spacial score (nSPS) is 25.5. The van der Waals surface area contributed by atoms with E-state index in [9.17, 15) is 5.11 Å². The van der Waals surface area contributed by atoms with Crippen molar-refractivity contribution in [2.45, 2.75) is 17.0 Å². The molecule has 2 rings (SSSR count). The fourth-order valence-corrected chi connectivity index (χ4v) is 1.99. The van der Waals surface area contributed by atoms with Crippen molar-refractivity contribution in [1.82, 2.24) is 0 Å². The minimum atomic E-state index is -0.398. The lowest BCUT2D eigenvalue weighted by Gasteiger charge is -2.15. The molecule has 1 aliphatic heterocycles. The zero-order chi connectivity index (χ0) is 10.7. The molecule has 2 atom stereocenters. The molecule has 0 radical (unpaired) electrons. The van der Waals surface area contributed by atoms with Crippen LogP contribution in [0.3, 0.4) is 0 Å². The lowest BCUT2D eigenvalue weighted by molar-refractivity contribution is 0.125. The molecule has 1 aliphatic rings. The van der Waals surface area contributed by atoms with Gasteiger partial charge in [-0.15, -0.1) is 11.8 Å². The summed E-state index contributed by atoms with van der Waals surface area (Å²) in [7, 11) is 0. The summed E-state index contributed by atoms with van der Waals surface area (Å²) in [6.07, 6.45) is 1.65. The van der Waals surface area contributed by atoms with Gasteiger partial charge in [0.2, 0.25) is 0 Å². The Bertz CT molecular complexity index is 315. The zero-order valence-corrected chi connectivity index (χ0v) is 9.46. The Balaban J connectivity index is 1.98. The van der Waals surface area contributed by atoms with Gasteiger partial charge < -0.3 is 15.2 Å². The standard InChI is InChI=1S/C11H15NO2S/c1-15-9-4-2-8(3-5-9)12-10-6-14-7-11(10)13/h2-5,10-13H,6-7H2,1H3/t10-,11-/m0/s1. The van der Waals surface area contributed by atoms with Gasteiger partial charge in [-0.3, -0.25) is 0 Å². The van der Waals surface area contributed by atoms with Crippen LogP contribution in [0.4, 0.5) is 5.69 Å². The molecule has 0 saturated carbocycles. The third kappa shape index (κ3) is 2.65. The Kier molecular flexibility index (Phi) is 3.51. The average molecular weight is 225 g/mol. The van der Waals surface area contributed by atoms with Gasteiger partial charge in [-0.1, -0.05) is 0 Å². The van der Waals surface area contributed by atoms with Crippen molar-refractivity contribution in [2.75, 3.05) is 24.8 Å². The van der Waals surface area contributed by atoms with E-state index in [1.54, 1.807) is 11.8 Å². The molecule has 4 heteroatoms. The predicted molar refractivity (Wildman–Crippen MR) is 62.5 cm³/mol. The first-order chi connectivity index (χ1) is 7.29. The van der Waals surface area contributed by atoms with E-state index in [1.807, 2.05) is 12.1 Å². The van der Waals surface area contributed by atoms with Crippen molar-refractivity contribution in [3.8, 4) is 0 Å². The SMILES string of the molecule is CSc1ccc(N[C@H]2COC[C@@H]2O)cc1. The summed E-state index contributed by atoms with van der Waals surface area (Å²) in [6.45, 7) is 1.01. The van der Waals surface area contributed by atoms with Crippen LogP contribution in [-0.2, 0) is 4.74 Å². The molecule has 1 fully saturated rings. The van der Waals surface area contributed by atoms with Crippen molar-refractivity contribution >= 4 is 17.4 Å². The number of benzene rings is 1. The average Bonchev–Trinajstić information content (AvgIpc) is 2.66. The number of anilines is 1. The van der Waals surface area contributed by atoms with Crippen molar-refractivity contribution in [2.24, 2.45) is 0 Å². The van der Waals surface area contributed by atoms with Gasteiger partial charge in [0.25, 0.3) is 0 Å². The number of hydrogen-bond acceptors (Lipinski definition) is 4. The molecule has 15 heavy (non-hydrogen) atoms. The Morgan fingerprint density at radius 3 is 2.60 bits per heavy atom. The van der Waals surface area contributed by atoms with Gasteiger partial charge in [0.1, 0.15) is 0 Å². The first-order valence-electron chi connectivity index (χ1n) is 4.96. The lowest BCUT2D eigenvalue weighted by atomic mass is 10.2. The predicted octanol–water partition coefficient (Wildman–Crippen LogP) is 1.58. The number of thioether (sulfide) groups is 1. The third-order valence-electron chi connectivity index (χ3n) is 2.49. The zero-order valence-electron chi connectivity index (χ0n) is 8.64. The highest BCUT2D eigenvalue weighted by atomic mass is 32.2. The highest BCUT2D eigenvalue weighted by molar-refractivity contribution is 7.98. The van der Waals surface area contributed by atoms with E-state index in [0.29, 0.717) is 13.2 Å². The summed E-state index contributed by atoms with van der Waals surface area (Å²) < 4.78 is 5.17. The number of nitrogens with one attached hydrogen (secondary N) is 1. The maximum atomic E-state index is 9.56. The molecule has 3 nitrogen and oxygen atoms in total. The minimum Gasteiger partial charge on any atom is -0.388 e. The van der Waals surface area contributed by atoms with E-state index < -0.39 is 6.10 Å². The molecule has 1 aromatic carbocycles. The second-order valence-electron chi connectivity index (χ2n) is 3.58. The quantitative estimate of drug-likeness (QED) is 0.766. The maximum Gasteiger partial charge on any atom is 0.0996 e. The second kappa shape index (κ2) is 4.88. The summed E-state index contributed by atoms with van der Waals surface area (Å²) in [5.41, 5.74) is 1.03. The molecule has 0 bridgehead atoms. The fourth-order valence-electron chi connectivity index (χ4n) is 1.58. The van der Waals surface area contributed by atoms with Crippen LogP contribution in [-0.4, -0.2) is 36.7 Å². The van der Waals surface area contributed by atoms with Crippen LogP contribution >= 0.6 is 11.8 Å². The van der Waals surface area contributed by atoms with Crippen LogP contribution in [0.5, 0.6) is 0 Å². The van der Waals surface area contributed by atoms with Crippen LogP contribution in [0.15, 0.2) is 29.2 Å². The lowest BCUT2D eigenvalue weighted by Crippen LogP contribution is -2.31. The molecular formula is C11H15NO2S. The fraction of sp³-hybridized carbons (Fsp3) is 0.455. The Morgan fingerprint density at radius 1 is 1.33 bits per heavy atom. The first kappa shape index (κ1) is 10.8. The van der Waals surface area contributed by atoms with Gasteiger partial charge >= 0.3 is 0 Å². The van der Waals surface area contributed by atoms with Crippen LogP contribution < -0.4 is 5.32 Å². The van der Waals surface area contributed by atoms with Crippen LogP contribution in [0, 0.1) is 0 Å². The summed E-state index contributed by atoms with van der Waals surface area (Å²) >= 11 is 1.72. The maximum absolute atomic E-state index is 9.56. The van der Waals surface area contributed by atoms with Gasteiger partial charge in [-0.05, 0) is 30.5 Å². The van der Waals surface area contributed by atoms with Crippen molar-refractivity contribution in [1.29, 1.82) is 0 Å². The van der Waals surface area contributed by atoms with Crippen molar-refractivity contribution < 1.29 is 9.84 Å². The van der Waals surface area contributed by atoms with Gasteiger partial charge in [0.05, 0.1) is 25.4 Å².